The lowest BCUT2D eigenvalue weighted by Crippen LogP contribution is -1.93. The van der Waals surface area contributed by atoms with Crippen molar-refractivity contribution in [3.05, 3.63) is 40.4 Å². The Morgan fingerprint density at radius 3 is 2.64 bits per heavy atom. The molecule has 0 unspecified atom stereocenters. The average molecular weight is 227 g/mol. The molecule has 0 aromatic carbocycles. The lowest BCUT2D eigenvalue weighted by molar-refractivity contribution is 1.03. The van der Waals surface area contributed by atoms with E-state index in [1.807, 2.05) is 6.08 Å². The molecule has 14 heavy (non-hydrogen) atoms. The van der Waals surface area contributed by atoms with E-state index in [0.717, 1.165) is 24.1 Å². The van der Waals surface area contributed by atoms with Crippen LogP contribution in [0.2, 0.25) is 10.4 Å². The first kappa shape index (κ1) is 9.69. The third kappa shape index (κ3) is 2.14. The molecule has 0 aliphatic heterocycles. The molecule has 2 nitrogen and oxygen atoms in total. The summed E-state index contributed by atoms with van der Waals surface area (Å²) in [4.78, 5) is 7.91. The van der Waals surface area contributed by atoms with Gasteiger partial charge in [0.1, 0.15) is 5.15 Å². The summed E-state index contributed by atoms with van der Waals surface area (Å²) in [5.74, 6) is 0. The molecule has 2 rings (SSSR count). The van der Waals surface area contributed by atoms with Gasteiger partial charge in [-0.15, -0.1) is 0 Å². The summed E-state index contributed by atoms with van der Waals surface area (Å²) in [5.41, 5.74) is 1.84. The highest BCUT2D eigenvalue weighted by Gasteiger charge is 2.05. The van der Waals surface area contributed by atoms with Crippen molar-refractivity contribution < 1.29 is 0 Å². The zero-order valence-corrected chi connectivity index (χ0v) is 8.89. The summed E-state index contributed by atoms with van der Waals surface area (Å²) in [6.45, 7) is 0. The molecule has 1 aromatic rings. The number of aromatic nitrogens is 2. The molecule has 1 aliphatic rings. The normalized spacial score (nSPS) is 15.4. The Kier molecular flexibility index (Phi) is 2.85. The molecule has 0 spiro atoms. The fraction of sp³-hybridized carbons (Fsp3) is 0.200. The molecule has 0 N–H and O–H groups in total. The first-order valence-corrected chi connectivity index (χ1v) is 5.08. The number of hydrogen-bond acceptors (Lipinski definition) is 2. The van der Waals surface area contributed by atoms with Crippen LogP contribution in [0.15, 0.2) is 24.3 Å². The predicted molar refractivity (Wildman–Crippen MR) is 58.4 cm³/mol. The SMILES string of the molecule is Clc1cc(C2=CCCC=C2)nc(Cl)n1. The van der Waals surface area contributed by atoms with Gasteiger partial charge in [0, 0.05) is 6.07 Å². The van der Waals surface area contributed by atoms with Crippen molar-refractivity contribution in [1.82, 2.24) is 9.97 Å². The van der Waals surface area contributed by atoms with Gasteiger partial charge in [-0.1, -0.05) is 29.8 Å². The Hall–Kier alpha value is -0.860. The van der Waals surface area contributed by atoms with Crippen LogP contribution in [0, 0.1) is 0 Å². The first-order valence-electron chi connectivity index (χ1n) is 4.33. The average Bonchev–Trinajstić information content (AvgIpc) is 2.18. The number of halogens is 2. The lowest BCUT2D eigenvalue weighted by Gasteiger charge is -2.06. The third-order valence-electron chi connectivity index (χ3n) is 1.96. The highest BCUT2D eigenvalue weighted by atomic mass is 35.5. The van der Waals surface area contributed by atoms with E-state index in [1.54, 1.807) is 6.07 Å². The van der Waals surface area contributed by atoms with E-state index in [0.29, 0.717) is 5.15 Å². The van der Waals surface area contributed by atoms with Crippen LogP contribution in [-0.4, -0.2) is 9.97 Å². The fourth-order valence-electron chi connectivity index (χ4n) is 1.34. The summed E-state index contributed by atoms with van der Waals surface area (Å²) < 4.78 is 0. The van der Waals surface area contributed by atoms with E-state index in [4.69, 9.17) is 23.2 Å². The monoisotopic (exact) mass is 226 g/mol. The van der Waals surface area contributed by atoms with Gasteiger partial charge in [-0.25, -0.2) is 9.97 Å². The molecule has 1 aromatic heterocycles. The topological polar surface area (TPSA) is 25.8 Å². The highest BCUT2D eigenvalue weighted by molar-refractivity contribution is 6.31. The van der Waals surface area contributed by atoms with Gasteiger partial charge in [0.2, 0.25) is 5.28 Å². The van der Waals surface area contributed by atoms with Crippen molar-refractivity contribution in [2.75, 3.05) is 0 Å². The van der Waals surface area contributed by atoms with Gasteiger partial charge >= 0.3 is 0 Å². The van der Waals surface area contributed by atoms with Crippen LogP contribution in [0.4, 0.5) is 0 Å². The summed E-state index contributed by atoms with van der Waals surface area (Å²) in [5, 5.41) is 0.562. The van der Waals surface area contributed by atoms with E-state index >= 15 is 0 Å². The molecule has 0 fully saturated rings. The van der Waals surface area contributed by atoms with Gasteiger partial charge < -0.3 is 0 Å². The Labute approximate surface area is 92.3 Å². The molecule has 0 saturated heterocycles. The van der Waals surface area contributed by atoms with E-state index < -0.39 is 0 Å². The quantitative estimate of drug-likeness (QED) is 0.541. The second kappa shape index (κ2) is 4.11. The van der Waals surface area contributed by atoms with Gasteiger partial charge in [-0.05, 0) is 30.0 Å². The summed E-state index contributed by atoms with van der Waals surface area (Å²) in [6.07, 6.45) is 8.37. The minimum Gasteiger partial charge on any atom is -0.218 e. The fourth-order valence-corrected chi connectivity index (χ4v) is 1.75. The minimum atomic E-state index is 0.187. The second-order valence-corrected chi connectivity index (χ2v) is 3.71. The molecule has 0 radical (unpaired) electrons. The van der Waals surface area contributed by atoms with E-state index in [1.165, 1.54) is 0 Å². The predicted octanol–water partition coefficient (Wildman–Crippen LogP) is 3.52. The lowest BCUT2D eigenvalue weighted by atomic mass is 10.0. The van der Waals surface area contributed by atoms with Gasteiger partial charge in [0.15, 0.2) is 0 Å². The summed E-state index contributed by atoms with van der Waals surface area (Å²) >= 11 is 11.5. The number of rotatable bonds is 1. The van der Waals surface area contributed by atoms with Crippen LogP contribution in [0.5, 0.6) is 0 Å². The van der Waals surface area contributed by atoms with Crippen LogP contribution in [0.3, 0.4) is 0 Å². The van der Waals surface area contributed by atoms with Crippen molar-refractivity contribution in [2.24, 2.45) is 0 Å². The molecule has 72 valence electrons. The minimum absolute atomic E-state index is 0.187. The smallest absolute Gasteiger partial charge is 0.218 e. The van der Waals surface area contributed by atoms with Crippen LogP contribution in [0.1, 0.15) is 18.5 Å². The van der Waals surface area contributed by atoms with E-state index in [-0.39, 0.29) is 5.28 Å². The van der Waals surface area contributed by atoms with Gasteiger partial charge in [0.05, 0.1) is 5.69 Å². The Balaban J connectivity index is 2.40. The van der Waals surface area contributed by atoms with Crippen molar-refractivity contribution >= 4 is 28.8 Å². The van der Waals surface area contributed by atoms with Crippen molar-refractivity contribution in [1.29, 1.82) is 0 Å². The van der Waals surface area contributed by atoms with Crippen molar-refractivity contribution in [3.8, 4) is 0 Å². The van der Waals surface area contributed by atoms with Gasteiger partial charge in [-0.3, -0.25) is 0 Å². The third-order valence-corrected chi connectivity index (χ3v) is 2.32. The maximum absolute atomic E-state index is 5.78. The molecule has 0 bridgehead atoms. The molecular formula is C10H8Cl2N2. The summed E-state index contributed by atoms with van der Waals surface area (Å²) in [7, 11) is 0. The van der Waals surface area contributed by atoms with Gasteiger partial charge in [0.25, 0.3) is 0 Å². The van der Waals surface area contributed by atoms with Crippen molar-refractivity contribution in [2.45, 2.75) is 12.8 Å². The molecule has 1 aliphatic carbocycles. The van der Waals surface area contributed by atoms with Gasteiger partial charge in [-0.2, -0.15) is 0 Å². The number of allylic oxidation sites excluding steroid dienone is 4. The number of hydrogen-bond donors (Lipinski definition) is 0. The molecule has 4 heteroatoms. The Bertz CT molecular complexity index is 390. The largest absolute Gasteiger partial charge is 0.224 e. The zero-order chi connectivity index (χ0) is 9.97. The highest BCUT2D eigenvalue weighted by Crippen LogP contribution is 2.22. The Morgan fingerprint density at radius 1 is 1.14 bits per heavy atom. The van der Waals surface area contributed by atoms with Crippen LogP contribution in [0.25, 0.3) is 5.57 Å². The maximum Gasteiger partial charge on any atom is 0.224 e. The maximum atomic E-state index is 5.78. The molecule has 1 heterocycles. The molecule has 0 amide bonds. The molecule has 0 atom stereocenters. The van der Waals surface area contributed by atoms with E-state index in [2.05, 4.69) is 22.1 Å². The van der Waals surface area contributed by atoms with Crippen LogP contribution in [-0.2, 0) is 0 Å². The zero-order valence-electron chi connectivity index (χ0n) is 7.37. The first-order chi connectivity index (χ1) is 6.75. The van der Waals surface area contributed by atoms with Crippen LogP contribution >= 0.6 is 23.2 Å². The molecular weight excluding hydrogens is 219 g/mol. The standard InChI is InChI=1S/C10H8Cl2N2/c11-9-6-8(13-10(12)14-9)7-4-2-1-3-5-7/h2,4-6H,1,3H2. The summed E-state index contributed by atoms with van der Waals surface area (Å²) in [6, 6.07) is 1.72. The van der Waals surface area contributed by atoms with Crippen molar-refractivity contribution in [3.63, 3.8) is 0 Å². The Morgan fingerprint density at radius 2 is 2.00 bits per heavy atom. The number of nitrogens with zero attached hydrogens (tertiary/aromatic N) is 2. The van der Waals surface area contributed by atoms with Crippen LogP contribution < -0.4 is 0 Å². The second-order valence-electron chi connectivity index (χ2n) is 2.98. The van der Waals surface area contributed by atoms with E-state index in [9.17, 15) is 0 Å². The molecule has 0 saturated carbocycles.